The first-order valence-electron chi connectivity index (χ1n) is 25.6. The molecular formula is C38H44NO+. The van der Waals surface area contributed by atoms with Crippen molar-refractivity contribution < 1.29 is 44.6 Å². The molecule has 3 aromatic carbocycles. The third-order valence-corrected chi connectivity index (χ3v) is 7.71. The van der Waals surface area contributed by atoms with Crippen molar-refractivity contribution in [1.29, 1.82) is 0 Å². The molecule has 0 spiro atoms. The molecule has 0 fully saturated rings. The Hall–Kier alpha value is -3.39. The molecule has 1 aliphatic rings. The fourth-order valence-corrected chi connectivity index (χ4v) is 6.11. The summed E-state index contributed by atoms with van der Waals surface area (Å²) in [5, 5.41) is 0.502. The van der Waals surface area contributed by atoms with Crippen molar-refractivity contribution in [1.82, 2.24) is 0 Å². The molecule has 2 nitrogen and oxygen atoms in total. The summed E-state index contributed by atoms with van der Waals surface area (Å²) in [5.74, 6) is -11.3. The molecule has 6 rings (SSSR count). The van der Waals surface area contributed by atoms with E-state index >= 15 is 0 Å². The van der Waals surface area contributed by atoms with Crippen LogP contribution in [0, 0.1) is 25.6 Å². The number of aromatic nitrogens is 1. The van der Waals surface area contributed by atoms with Crippen molar-refractivity contribution in [3.05, 3.63) is 88.6 Å². The summed E-state index contributed by atoms with van der Waals surface area (Å²) in [5.41, 5.74) is -5.20. The molecule has 2 heteroatoms. The molecule has 206 valence electrons. The van der Waals surface area contributed by atoms with Gasteiger partial charge in [-0.15, -0.1) is 0 Å². The lowest BCUT2D eigenvalue weighted by atomic mass is 9.68. The van der Waals surface area contributed by atoms with Gasteiger partial charge in [0.25, 0.3) is 0 Å². The van der Waals surface area contributed by atoms with E-state index in [2.05, 4.69) is 0 Å². The molecule has 1 unspecified atom stereocenters. The summed E-state index contributed by atoms with van der Waals surface area (Å²) in [6, 6.07) is 12.1. The van der Waals surface area contributed by atoms with E-state index in [0.717, 1.165) is 12.3 Å². The van der Waals surface area contributed by atoms with Gasteiger partial charge in [-0.05, 0) is 72.1 Å². The Morgan fingerprint density at radius 2 is 1.62 bits per heavy atom. The van der Waals surface area contributed by atoms with Crippen LogP contribution in [0.3, 0.4) is 0 Å². The van der Waals surface area contributed by atoms with E-state index in [9.17, 15) is 5.48 Å². The second kappa shape index (κ2) is 9.61. The van der Waals surface area contributed by atoms with Gasteiger partial charge in [0.2, 0.25) is 5.69 Å². The largest absolute Gasteiger partial charge is 0.454 e. The summed E-state index contributed by atoms with van der Waals surface area (Å²) in [7, 11) is 1.39. The Labute approximate surface area is 276 Å². The number of aryl methyl sites for hydroxylation is 3. The lowest BCUT2D eigenvalue weighted by molar-refractivity contribution is -0.660. The lowest BCUT2D eigenvalue weighted by Gasteiger charge is -2.35. The van der Waals surface area contributed by atoms with Gasteiger partial charge < -0.3 is 4.42 Å². The molecule has 0 amide bonds. The lowest BCUT2D eigenvalue weighted by Crippen LogP contribution is -2.32. The third-order valence-electron chi connectivity index (χ3n) is 7.71. The van der Waals surface area contributed by atoms with Crippen LogP contribution >= 0.6 is 0 Å². The number of furan rings is 1. The molecule has 0 aliphatic heterocycles. The van der Waals surface area contributed by atoms with Crippen molar-refractivity contribution in [3.8, 4) is 22.4 Å². The van der Waals surface area contributed by atoms with Crippen molar-refractivity contribution in [3.63, 3.8) is 0 Å². The van der Waals surface area contributed by atoms with Crippen LogP contribution in [-0.4, -0.2) is 0 Å². The summed E-state index contributed by atoms with van der Waals surface area (Å²) in [6.45, 7) is -24.3. The Morgan fingerprint density at radius 1 is 0.875 bits per heavy atom. The fraction of sp³-hybridized carbons (Fsp3) is 0.395. The predicted molar refractivity (Wildman–Crippen MR) is 169 cm³/mol. The molecule has 1 aliphatic carbocycles. The van der Waals surface area contributed by atoms with Crippen molar-refractivity contribution in [2.24, 2.45) is 18.8 Å². The van der Waals surface area contributed by atoms with Gasteiger partial charge in [0, 0.05) is 69.0 Å². The number of nitrogens with zero attached hydrogens (tertiary/aromatic N) is 1. The molecule has 40 heavy (non-hydrogen) atoms. The number of benzene rings is 3. The number of fused-ring (bicyclic) bond motifs is 7. The molecule has 0 saturated heterocycles. The van der Waals surface area contributed by atoms with Gasteiger partial charge >= 0.3 is 0 Å². The van der Waals surface area contributed by atoms with Gasteiger partial charge in [-0.2, -0.15) is 0 Å². The van der Waals surface area contributed by atoms with Crippen LogP contribution in [0.5, 0.6) is 0 Å². The Kier molecular flexibility index (Phi) is 2.44. The Morgan fingerprint density at radius 3 is 2.38 bits per heavy atom. The van der Waals surface area contributed by atoms with Gasteiger partial charge in [-0.1, -0.05) is 89.6 Å². The first kappa shape index (κ1) is 10.2. The normalized spacial score (nSPS) is 29.6. The number of hydrogen-bond acceptors (Lipinski definition) is 1. The van der Waals surface area contributed by atoms with Gasteiger partial charge in [-0.3, -0.25) is 0 Å². The van der Waals surface area contributed by atoms with E-state index < -0.39 is 101 Å². The Balaban J connectivity index is 1.84. The molecule has 0 saturated carbocycles. The topological polar surface area (TPSA) is 17.0 Å². The molecule has 1 atom stereocenters. The smallest absolute Gasteiger partial charge is 0.216 e. The van der Waals surface area contributed by atoms with Crippen molar-refractivity contribution >= 4 is 21.9 Å². The zero-order valence-electron chi connectivity index (χ0n) is 47.8. The third kappa shape index (κ3) is 3.94. The van der Waals surface area contributed by atoms with Crippen molar-refractivity contribution in [2.45, 2.75) is 79.0 Å². The van der Waals surface area contributed by atoms with Crippen LogP contribution in [-0.2, 0) is 12.5 Å². The molecule has 2 aromatic heterocycles. The van der Waals surface area contributed by atoms with E-state index in [0.29, 0.717) is 5.56 Å². The Bertz CT molecular complexity index is 2700. The highest BCUT2D eigenvalue weighted by atomic mass is 16.3. The van der Waals surface area contributed by atoms with Crippen LogP contribution in [0.2, 0.25) is 0 Å². The zero-order valence-corrected chi connectivity index (χ0v) is 21.8. The van der Waals surface area contributed by atoms with Gasteiger partial charge in [0.1, 0.15) is 18.2 Å². The molecule has 0 bridgehead atoms. The van der Waals surface area contributed by atoms with Crippen LogP contribution in [0.4, 0.5) is 0 Å². The highest BCUT2D eigenvalue weighted by Gasteiger charge is 2.45. The van der Waals surface area contributed by atoms with E-state index in [1.807, 2.05) is 0 Å². The van der Waals surface area contributed by atoms with Gasteiger partial charge in [0.15, 0.2) is 6.20 Å². The highest BCUT2D eigenvalue weighted by molar-refractivity contribution is 6.14. The summed E-state index contributed by atoms with van der Waals surface area (Å²) < 4.78 is 229. The molecule has 0 radical (unpaired) electrons. The maximum atomic E-state index is 9.76. The quantitative estimate of drug-likeness (QED) is 0.190. The van der Waals surface area contributed by atoms with E-state index in [1.54, 1.807) is 19.1 Å². The molecule has 0 N–H and O–H groups in total. The number of hydrogen-bond donors (Lipinski definition) is 0. The van der Waals surface area contributed by atoms with E-state index in [4.69, 9.17) is 34.6 Å². The first-order chi connectivity index (χ1) is 29.4. The SMILES string of the molecule is [2H]C([2H])([2H])c1c[n+](C)c(-c2c(C)ccc3c2oc2c4c(ccc23)C(CC([2H])(C([2H])([2H])[2H])C([2H])([2H])[2H])(C([2H])([2H])C([2H])(C([2H])([2H])[2H])C([2H])([2H])[2H])c2ccccc2-4)cc1C([2H])(C([2H])([2H])[2H])C([2H])([2H])[2H]. The maximum absolute atomic E-state index is 9.76. The average molecular weight is 557 g/mol. The van der Waals surface area contributed by atoms with Crippen LogP contribution < -0.4 is 4.57 Å². The van der Waals surface area contributed by atoms with Gasteiger partial charge in [-0.25, -0.2) is 4.57 Å². The first-order valence-corrected chi connectivity index (χ1v) is 12.6. The maximum Gasteiger partial charge on any atom is 0.216 e. The second-order valence-electron chi connectivity index (χ2n) is 10.2. The minimum Gasteiger partial charge on any atom is -0.454 e. The minimum absolute atomic E-state index is 0.0274. The number of rotatable bonds is 6. The van der Waals surface area contributed by atoms with E-state index in [-0.39, 0.29) is 49.9 Å². The van der Waals surface area contributed by atoms with Crippen LogP contribution in [0.15, 0.2) is 65.2 Å². The second-order valence-corrected chi connectivity index (χ2v) is 10.2. The molecule has 2 heterocycles. The average Bonchev–Trinajstić information content (AvgIpc) is 3.65. The molecular weight excluding hydrogens is 486 g/mol. The highest BCUT2D eigenvalue weighted by Crippen LogP contribution is 2.57. The van der Waals surface area contributed by atoms with Crippen LogP contribution in [0.25, 0.3) is 44.3 Å². The monoisotopic (exact) mass is 557 g/mol. The fourth-order valence-electron chi connectivity index (χ4n) is 6.11. The van der Waals surface area contributed by atoms with Crippen LogP contribution in [0.1, 0.15) is 123 Å². The van der Waals surface area contributed by atoms with Gasteiger partial charge in [0.05, 0.1) is 5.56 Å². The summed E-state index contributed by atoms with van der Waals surface area (Å²) in [6.07, 6.45) is -4.59. The summed E-state index contributed by atoms with van der Waals surface area (Å²) in [4.78, 5) is 0. The standard InChI is InChI=1S/C38H44NO/c1-22(2)19-38(20-23(3)4)31-13-11-10-12-29(31)35-32(38)17-16-28-27-15-14-25(7)34(36(27)40-37(28)35)33-18-30(24(5)6)26(8)21-39(33)9/h10-18,21-24H,19-20H2,1-9H3/q+1/i1D3,2D3,3D3,4D3,5D3,6D3,8D3,19D2,22D,23D,24D. The molecule has 5 aromatic rings. The zero-order chi connectivity index (χ0) is 50.6. The van der Waals surface area contributed by atoms with Crippen molar-refractivity contribution in [2.75, 3.05) is 0 Å². The predicted octanol–water partition coefficient (Wildman–Crippen LogP) is 10.2. The number of pyridine rings is 1. The van der Waals surface area contributed by atoms with E-state index in [1.165, 1.54) is 48.0 Å². The summed E-state index contributed by atoms with van der Waals surface area (Å²) >= 11 is 0. The minimum atomic E-state index is -4.14.